The molecule has 43 heavy (non-hydrogen) atoms. The van der Waals surface area contributed by atoms with E-state index in [-0.39, 0.29) is 37.8 Å². The molecule has 1 saturated heterocycles. The van der Waals surface area contributed by atoms with E-state index in [4.69, 9.17) is 26.8 Å². The summed E-state index contributed by atoms with van der Waals surface area (Å²) in [6, 6.07) is 11.7. The van der Waals surface area contributed by atoms with Gasteiger partial charge in [-0.2, -0.15) is 4.73 Å². The molecule has 236 valence electrons. The lowest BCUT2D eigenvalue weighted by molar-refractivity contribution is -0.621. The third-order valence-corrected chi connectivity index (χ3v) is 8.12. The van der Waals surface area contributed by atoms with Crippen molar-refractivity contribution in [3.8, 4) is 0 Å². The van der Waals surface area contributed by atoms with E-state index in [1.54, 1.807) is 74.9 Å². The number of hydrogen-bond acceptors (Lipinski definition) is 7. The molecule has 1 aromatic heterocycles. The standard InChI is InChI=1S/C32H45ClN4O6/c1-22-9-7-10-26(37(22)41)17-24(18-28(38)43-31(2,3)4)29(39)36-16-8-15-32(21-36,19-23-11-13-25(33)14-12-23)35(5)30(40)27(34)20-42-6/h7,9-14,24,27H,8,15-21,34H2,1-6H3/t24?,27?,32-/m1/s1. The van der Waals surface area contributed by atoms with E-state index in [9.17, 15) is 19.6 Å². The molecule has 3 atom stereocenters. The lowest BCUT2D eigenvalue weighted by atomic mass is 9.80. The summed E-state index contributed by atoms with van der Waals surface area (Å²) in [6.07, 6.45) is 1.61. The zero-order chi connectivity index (χ0) is 31.9. The Morgan fingerprint density at radius 2 is 1.86 bits per heavy atom. The molecule has 2 amide bonds. The number of amides is 2. The molecule has 2 heterocycles. The first-order valence-corrected chi connectivity index (χ1v) is 15.0. The Balaban J connectivity index is 1.97. The van der Waals surface area contributed by atoms with Crippen LogP contribution in [0.3, 0.4) is 0 Å². The summed E-state index contributed by atoms with van der Waals surface area (Å²) in [4.78, 5) is 44.1. The van der Waals surface area contributed by atoms with Crippen LogP contribution in [0.25, 0.3) is 0 Å². The van der Waals surface area contributed by atoms with Gasteiger partial charge in [0.05, 0.1) is 24.5 Å². The fourth-order valence-electron chi connectivity index (χ4n) is 5.71. The summed E-state index contributed by atoms with van der Waals surface area (Å²) in [5.41, 5.74) is 6.51. The average Bonchev–Trinajstić information content (AvgIpc) is 2.94. The molecule has 1 aliphatic rings. The van der Waals surface area contributed by atoms with E-state index in [1.807, 2.05) is 12.1 Å². The number of likely N-dealkylation sites (tertiary alicyclic amines) is 1. The maximum absolute atomic E-state index is 14.3. The SMILES string of the molecule is COCC(N)C(=O)N(C)[C@@]1(Cc2ccc(Cl)cc2)CCCN(C(=O)C(CC(=O)OC(C)(C)C)Cc2cccc(C)[n+]2[O-])C1. The summed E-state index contributed by atoms with van der Waals surface area (Å²) in [6.45, 7) is 7.74. The van der Waals surface area contributed by atoms with Crippen molar-refractivity contribution in [1.29, 1.82) is 0 Å². The van der Waals surface area contributed by atoms with E-state index in [0.717, 1.165) is 10.3 Å². The van der Waals surface area contributed by atoms with Gasteiger partial charge in [-0.15, -0.1) is 0 Å². The number of benzene rings is 1. The van der Waals surface area contributed by atoms with Crippen LogP contribution in [0.4, 0.5) is 0 Å². The largest absolute Gasteiger partial charge is 0.618 e. The molecule has 10 nitrogen and oxygen atoms in total. The molecule has 1 aliphatic heterocycles. The predicted molar refractivity (Wildman–Crippen MR) is 164 cm³/mol. The van der Waals surface area contributed by atoms with Gasteiger partial charge in [0.15, 0.2) is 11.4 Å². The second-order valence-electron chi connectivity index (χ2n) is 12.5. The number of nitrogens with zero attached hydrogens (tertiary/aromatic N) is 3. The molecule has 1 aromatic carbocycles. The number of hydrogen-bond donors (Lipinski definition) is 1. The number of halogens is 1. The molecule has 1 fully saturated rings. The van der Waals surface area contributed by atoms with Gasteiger partial charge in [-0.3, -0.25) is 14.4 Å². The van der Waals surface area contributed by atoms with Crippen molar-refractivity contribution in [2.75, 3.05) is 33.9 Å². The number of carbonyl (C=O) groups is 3. The highest BCUT2D eigenvalue weighted by molar-refractivity contribution is 6.30. The van der Waals surface area contributed by atoms with Gasteiger partial charge in [0.25, 0.3) is 0 Å². The number of aryl methyl sites for hydroxylation is 1. The molecule has 0 saturated carbocycles. The summed E-state index contributed by atoms with van der Waals surface area (Å²) in [5.74, 6) is -1.91. The minimum atomic E-state index is -0.864. The highest BCUT2D eigenvalue weighted by Gasteiger charge is 2.45. The van der Waals surface area contributed by atoms with E-state index in [2.05, 4.69) is 0 Å². The monoisotopic (exact) mass is 616 g/mol. The number of likely N-dealkylation sites (N-methyl/N-ethyl adjacent to an activating group) is 1. The number of pyridine rings is 1. The van der Waals surface area contributed by atoms with Crippen LogP contribution in [0.1, 0.15) is 57.0 Å². The molecule has 0 aliphatic carbocycles. The first-order chi connectivity index (χ1) is 20.2. The number of aromatic nitrogens is 1. The normalized spacial score (nSPS) is 18.6. The molecule has 2 aromatic rings. The van der Waals surface area contributed by atoms with E-state index in [1.165, 1.54) is 7.11 Å². The first-order valence-electron chi connectivity index (χ1n) is 14.6. The Labute approximate surface area is 259 Å². The van der Waals surface area contributed by atoms with E-state index in [0.29, 0.717) is 42.2 Å². The van der Waals surface area contributed by atoms with Gasteiger partial charge in [0, 0.05) is 57.7 Å². The maximum atomic E-state index is 14.3. The quantitative estimate of drug-likeness (QED) is 0.233. The lowest BCUT2D eigenvalue weighted by Crippen LogP contribution is -2.64. The van der Waals surface area contributed by atoms with Crippen molar-refractivity contribution < 1.29 is 28.6 Å². The van der Waals surface area contributed by atoms with Crippen LogP contribution in [0, 0.1) is 18.0 Å². The number of piperidine rings is 1. The van der Waals surface area contributed by atoms with Crippen molar-refractivity contribution in [3.63, 3.8) is 0 Å². The highest BCUT2D eigenvalue weighted by atomic mass is 35.5. The van der Waals surface area contributed by atoms with Crippen LogP contribution in [-0.4, -0.2) is 78.6 Å². The molecule has 0 spiro atoms. The molecule has 2 unspecified atom stereocenters. The van der Waals surface area contributed by atoms with Crippen LogP contribution in [0.5, 0.6) is 0 Å². The third kappa shape index (κ3) is 9.14. The van der Waals surface area contributed by atoms with Crippen LogP contribution in [-0.2, 0) is 36.7 Å². The van der Waals surface area contributed by atoms with Crippen molar-refractivity contribution >= 4 is 29.4 Å². The summed E-state index contributed by atoms with van der Waals surface area (Å²) < 4.78 is 11.5. The molecule has 0 radical (unpaired) electrons. The second-order valence-corrected chi connectivity index (χ2v) is 12.9. The van der Waals surface area contributed by atoms with Gasteiger partial charge < -0.3 is 30.2 Å². The Kier molecular flexibility index (Phi) is 11.6. The Hall–Kier alpha value is -3.21. The fraction of sp³-hybridized carbons (Fsp3) is 0.562. The van der Waals surface area contributed by atoms with Crippen molar-refractivity contribution in [3.05, 3.63) is 69.6 Å². The third-order valence-electron chi connectivity index (χ3n) is 7.86. The molecular formula is C32H45ClN4O6. The van der Waals surface area contributed by atoms with Crippen LogP contribution < -0.4 is 10.5 Å². The molecule has 0 bridgehead atoms. The topological polar surface area (TPSA) is 129 Å². The van der Waals surface area contributed by atoms with Crippen LogP contribution >= 0.6 is 11.6 Å². The average molecular weight is 617 g/mol. The number of esters is 1. The lowest BCUT2D eigenvalue weighted by Gasteiger charge is -2.49. The molecule has 3 rings (SSSR count). The molecular weight excluding hydrogens is 572 g/mol. The summed E-state index contributed by atoms with van der Waals surface area (Å²) >= 11 is 6.14. The van der Waals surface area contributed by atoms with Gasteiger partial charge in [0.1, 0.15) is 11.6 Å². The minimum absolute atomic E-state index is 0.0620. The number of methoxy groups -OCH3 is 1. The van der Waals surface area contributed by atoms with Gasteiger partial charge >= 0.3 is 5.97 Å². The summed E-state index contributed by atoms with van der Waals surface area (Å²) in [5, 5.41) is 13.4. The fourth-order valence-corrected chi connectivity index (χ4v) is 5.83. The van der Waals surface area contributed by atoms with Crippen LogP contribution in [0.15, 0.2) is 42.5 Å². The number of ether oxygens (including phenoxy) is 2. The van der Waals surface area contributed by atoms with Crippen LogP contribution in [0.2, 0.25) is 5.02 Å². The van der Waals surface area contributed by atoms with Gasteiger partial charge in [-0.1, -0.05) is 23.7 Å². The minimum Gasteiger partial charge on any atom is -0.618 e. The number of rotatable bonds is 11. The van der Waals surface area contributed by atoms with E-state index < -0.39 is 29.1 Å². The maximum Gasteiger partial charge on any atom is 0.307 e. The van der Waals surface area contributed by atoms with Gasteiger partial charge in [-0.25, -0.2) is 0 Å². The number of carbonyl (C=O) groups excluding carboxylic acids is 3. The van der Waals surface area contributed by atoms with Crippen molar-refractivity contribution in [2.24, 2.45) is 11.7 Å². The van der Waals surface area contributed by atoms with Gasteiger partial charge in [0.2, 0.25) is 11.8 Å². The smallest absolute Gasteiger partial charge is 0.307 e. The Bertz CT molecular complexity index is 1280. The molecule has 11 heteroatoms. The number of nitrogens with two attached hydrogens (primary N) is 1. The van der Waals surface area contributed by atoms with Crippen molar-refractivity contribution in [1.82, 2.24) is 9.80 Å². The van der Waals surface area contributed by atoms with Crippen molar-refractivity contribution in [2.45, 2.75) is 77.0 Å². The second kappa shape index (κ2) is 14.5. The van der Waals surface area contributed by atoms with Gasteiger partial charge in [-0.05, 0) is 63.8 Å². The Morgan fingerprint density at radius 3 is 2.49 bits per heavy atom. The highest BCUT2D eigenvalue weighted by Crippen LogP contribution is 2.33. The molecule has 2 N–H and O–H groups in total. The zero-order valence-corrected chi connectivity index (χ0v) is 26.9. The predicted octanol–water partition coefficient (Wildman–Crippen LogP) is 3.21. The Morgan fingerprint density at radius 1 is 1.19 bits per heavy atom. The van der Waals surface area contributed by atoms with E-state index >= 15 is 0 Å². The first kappa shape index (κ1) is 34.3. The summed E-state index contributed by atoms with van der Waals surface area (Å²) in [7, 11) is 3.20. The zero-order valence-electron chi connectivity index (χ0n) is 26.1.